The summed E-state index contributed by atoms with van der Waals surface area (Å²) in [6, 6.07) is 1.83. The molecule has 0 spiro atoms. The maximum atomic E-state index is 10.6. The maximum absolute atomic E-state index is 10.6. The van der Waals surface area contributed by atoms with Crippen LogP contribution in [0.4, 0.5) is 5.69 Å². The number of hydrogen-bond donors (Lipinski definition) is 0. The lowest BCUT2D eigenvalue weighted by Crippen LogP contribution is -1.95. The van der Waals surface area contributed by atoms with Crippen LogP contribution in [0.2, 0.25) is 0 Å². The van der Waals surface area contributed by atoms with Gasteiger partial charge in [0.1, 0.15) is 15.4 Å². The van der Waals surface area contributed by atoms with Crippen LogP contribution < -0.4 is 0 Å². The van der Waals surface area contributed by atoms with Gasteiger partial charge in [-0.1, -0.05) is 0 Å². The van der Waals surface area contributed by atoms with E-state index in [1.165, 1.54) is 6.20 Å². The fourth-order valence-electron chi connectivity index (χ4n) is 1.30. The predicted molar refractivity (Wildman–Crippen MR) is 60.1 cm³/mol. The Labute approximate surface area is 93.0 Å². The van der Waals surface area contributed by atoms with Gasteiger partial charge < -0.3 is 4.57 Å². The maximum Gasteiger partial charge on any atom is 0.301 e. The van der Waals surface area contributed by atoms with Gasteiger partial charge in [0, 0.05) is 18.6 Å². The molecule has 0 saturated heterocycles. The van der Waals surface area contributed by atoms with E-state index in [0.29, 0.717) is 3.57 Å². The first-order valence-corrected chi connectivity index (χ1v) is 4.93. The highest BCUT2D eigenvalue weighted by Gasteiger charge is 2.16. The predicted octanol–water partition coefficient (Wildman–Crippen LogP) is 2.09. The molecule has 0 aliphatic carbocycles. The monoisotopic (exact) mass is 303 g/mol. The topological polar surface area (TPSA) is 61.0 Å². The second-order valence-corrected chi connectivity index (χ2v) is 3.96. The van der Waals surface area contributed by atoms with Crippen molar-refractivity contribution in [3.05, 3.63) is 32.1 Å². The second-order valence-electron chi connectivity index (χ2n) is 2.88. The van der Waals surface area contributed by atoms with Crippen molar-refractivity contribution in [1.29, 1.82) is 0 Å². The number of nitrogens with zero attached hydrogens (tertiary/aromatic N) is 3. The van der Waals surface area contributed by atoms with Crippen LogP contribution in [0.1, 0.15) is 0 Å². The standard InChI is InChI=1S/C8H6IN3O2/c1-11-3-2-5-7(9)6(12(13)14)4-10-8(5)11/h2-4H,1H3. The Bertz CT molecular complexity index is 521. The highest BCUT2D eigenvalue weighted by molar-refractivity contribution is 14.1. The summed E-state index contributed by atoms with van der Waals surface area (Å²) < 4.78 is 2.47. The molecule has 0 bridgehead atoms. The largest absolute Gasteiger partial charge is 0.336 e. The number of nitro groups is 1. The van der Waals surface area contributed by atoms with Crippen molar-refractivity contribution in [2.45, 2.75) is 0 Å². The average Bonchev–Trinajstić information content (AvgIpc) is 2.49. The van der Waals surface area contributed by atoms with Gasteiger partial charge in [-0.05, 0) is 28.7 Å². The molecular weight excluding hydrogens is 297 g/mol. The zero-order valence-electron chi connectivity index (χ0n) is 7.27. The zero-order valence-corrected chi connectivity index (χ0v) is 9.43. The normalized spacial score (nSPS) is 10.7. The van der Waals surface area contributed by atoms with E-state index >= 15 is 0 Å². The molecule has 0 N–H and O–H groups in total. The number of aromatic nitrogens is 2. The third kappa shape index (κ3) is 1.26. The molecule has 5 nitrogen and oxygen atoms in total. The molecule has 0 aliphatic heterocycles. The van der Waals surface area contributed by atoms with Crippen LogP contribution in [0.25, 0.3) is 11.0 Å². The molecule has 0 unspecified atom stereocenters. The molecule has 2 rings (SSSR count). The van der Waals surface area contributed by atoms with Gasteiger partial charge in [0.15, 0.2) is 0 Å². The van der Waals surface area contributed by atoms with Gasteiger partial charge in [0.05, 0.1) is 4.92 Å². The summed E-state index contributed by atoms with van der Waals surface area (Å²) in [5, 5.41) is 11.4. The number of pyridine rings is 1. The van der Waals surface area contributed by atoms with E-state index in [2.05, 4.69) is 4.98 Å². The van der Waals surface area contributed by atoms with E-state index < -0.39 is 4.92 Å². The van der Waals surface area contributed by atoms with E-state index in [9.17, 15) is 10.1 Å². The van der Waals surface area contributed by atoms with Crippen LogP contribution in [-0.2, 0) is 7.05 Å². The van der Waals surface area contributed by atoms with E-state index in [1.807, 2.05) is 46.5 Å². The number of fused-ring (bicyclic) bond motifs is 1. The zero-order chi connectivity index (χ0) is 10.3. The summed E-state index contributed by atoms with van der Waals surface area (Å²) in [6.07, 6.45) is 3.13. The highest BCUT2D eigenvalue weighted by atomic mass is 127. The molecule has 0 radical (unpaired) electrons. The molecule has 2 heterocycles. The van der Waals surface area contributed by atoms with E-state index in [4.69, 9.17) is 0 Å². The average molecular weight is 303 g/mol. The van der Waals surface area contributed by atoms with Gasteiger partial charge >= 0.3 is 5.69 Å². The van der Waals surface area contributed by atoms with E-state index in [-0.39, 0.29) is 5.69 Å². The summed E-state index contributed by atoms with van der Waals surface area (Å²) >= 11 is 1.97. The van der Waals surface area contributed by atoms with Crippen molar-refractivity contribution in [2.24, 2.45) is 7.05 Å². The lowest BCUT2D eigenvalue weighted by molar-refractivity contribution is -0.386. The molecule has 0 amide bonds. The van der Waals surface area contributed by atoms with Crippen molar-refractivity contribution in [2.75, 3.05) is 0 Å². The number of rotatable bonds is 1. The van der Waals surface area contributed by atoms with Crippen molar-refractivity contribution >= 4 is 39.3 Å². The second kappa shape index (κ2) is 3.19. The van der Waals surface area contributed by atoms with Crippen LogP contribution in [0.5, 0.6) is 0 Å². The molecule has 14 heavy (non-hydrogen) atoms. The lowest BCUT2D eigenvalue weighted by atomic mass is 10.3. The third-order valence-electron chi connectivity index (χ3n) is 2.01. The minimum absolute atomic E-state index is 0.0595. The van der Waals surface area contributed by atoms with Crippen LogP contribution in [-0.4, -0.2) is 14.5 Å². The third-order valence-corrected chi connectivity index (χ3v) is 3.14. The Balaban J connectivity index is 2.82. The van der Waals surface area contributed by atoms with E-state index in [0.717, 1.165) is 11.0 Å². The summed E-state index contributed by atoms with van der Waals surface area (Å²) in [5.41, 5.74) is 0.823. The van der Waals surface area contributed by atoms with Crippen molar-refractivity contribution in [3.8, 4) is 0 Å². The molecule has 0 fully saturated rings. The Morgan fingerprint density at radius 1 is 1.64 bits per heavy atom. The first-order chi connectivity index (χ1) is 6.61. The molecule has 0 aromatic carbocycles. The minimum Gasteiger partial charge on any atom is -0.336 e. The number of hydrogen-bond acceptors (Lipinski definition) is 3. The van der Waals surface area contributed by atoms with E-state index in [1.54, 1.807) is 0 Å². The molecular formula is C8H6IN3O2. The fourth-order valence-corrected chi connectivity index (χ4v) is 2.05. The Hall–Kier alpha value is -1.18. The minimum atomic E-state index is -0.415. The fraction of sp³-hybridized carbons (Fsp3) is 0.125. The summed E-state index contributed by atoms with van der Waals surface area (Å²) in [6.45, 7) is 0. The van der Waals surface area contributed by atoms with Crippen molar-refractivity contribution in [1.82, 2.24) is 9.55 Å². The quantitative estimate of drug-likeness (QED) is 0.460. The molecule has 0 atom stereocenters. The molecule has 2 aromatic rings. The number of halogens is 1. The van der Waals surface area contributed by atoms with Gasteiger partial charge in [-0.3, -0.25) is 10.1 Å². The van der Waals surface area contributed by atoms with Crippen molar-refractivity contribution in [3.63, 3.8) is 0 Å². The Morgan fingerprint density at radius 3 is 3.00 bits per heavy atom. The van der Waals surface area contributed by atoms with Gasteiger partial charge in [-0.25, -0.2) is 4.98 Å². The van der Waals surface area contributed by atoms with Crippen LogP contribution in [0, 0.1) is 13.7 Å². The molecule has 6 heteroatoms. The molecule has 2 aromatic heterocycles. The van der Waals surface area contributed by atoms with Gasteiger partial charge in [-0.2, -0.15) is 0 Å². The van der Waals surface area contributed by atoms with Crippen LogP contribution in [0.3, 0.4) is 0 Å². The highest BCUT2D eigenvalue weighted by Crippen LogP contribution is 2.27. The summed E-state index contributed by atoms with van der Waals surface area (Å²) in [7, 11) is 1.86. The Kier molecular flexibility index (Phi) is 2.14. The SMILES string of the molecule is Cn1ccc2c(I)c([N+](=O)[O-])cnc21. The Morgan fingerprint density at radius 2 is 2.36 bits per heavy atom. The summed E-state index contributed by atoms with van der Waals surface area (Å²) in [4.78, 5) is 14.3. The first-order valence-electron chi connectivity index (χ1n) is 3.85. The molecule has 72 valence electrons. The number of aryl methyl sites for hydroxylation is 1. The van der Waals surface area contributed by atoms with Gasteiger partial charge in [0.25, 0.3) is 0 Å². The van der Waals surface area contributed by atoms with Gasteiger partial charge in [-0.15, -0.1) is 0 Å². The van der Waals surface area contributed by atoms with Crippen molar-refractivity contribution < 1.29 is 4.92 Å². The molecule has 0 saturated carbocycles. The van der Waals surface area contributed by atoms with Crippen LogP contribution in [0.15, 0.2) is 18.5 Å². The van der Waals surface area contributed by atoms with Crippen LogP contribution >= 0.6 is 22.6 Å². The smallest absolute Gasteiger partial charge is 0.301 e. The first kappa shape index (κ1) is 9.38. The lowest BCUT2D eigenvalue weighted by Gasteiger charge is -1.98. The molecule has 0 aliphatic rings. The van der Waals surface area contributed by atoms with Gasteiger partial charge in [0.2, 0.25) is 0 Å². The summed E-state index contributed by atoms with van der Waals surface area (Å²) in [5.74, 6) is 0.